The molecule has 0 bridgehead atoms. The second-order valence-electron chi connectivity index (χ2n) is 4.98. The molecule has 2 N–H and O–H groups in total. The summed E-state index contributed by atoms with van der Waals surface area (Å²) in [4.78, 5) is 3.77. The van der Waals surface area contributed by atoms with Gasteiger partial charge in [0.1, 0.15) is 5.82 Å². The van der Waals surface area contributed by atoms with Gasteiger partial charge in [-0.1, -0.05) is 0 Å². The first-order valence-electron chi connectivity index (χ1n) is 6.52. The van der Waals surface area contributed by atoms with Crippen LogP contribution in [0.4, 0.5) is 19.0 Å². The highest BCUT2D eigenvalue weighted by Crippen LogP contribution is 2.28. The molecule has 4 nitrogen and oxygen atoms in total. The van der Waals surface area contributed by atoms with Gasteiger partial charge in [-0.3, -0.25) is 0 Å². The van der Waals surface area contributed by atoms with Crippen LogP contribution in [0, 0.1) is 0 Å². The highest BCUT2D eigenvalue weighted by atomic mass is 35.5. The minimum atomic E-state index is -4.35. The smallest absolute Gasteiger partial charge is 0.373 e. The lowest BCUT2D eigenvalue weighted by Gasteiger charge is -2.34. The van der Waals surface area contributed by atoms with Crippen molar-refractivity contribution in [2.45, 2.75) is 38.3 Å². The molecule has 1 aromatic heterocycles. The third-order valence-corrected chi connectivity index (χ3v) is 3.27. The number of halogens is 4. The second kappa shape index (κ2) is 7.29. The molecule has 1 aromatic rings. The van der Waals surface area contributed by atoms with Crippen LogP contribution in [0.25, 0.3) is 0 Å². The van der Waals surface area contributed by atoms with Crippen LogP contribution < -0.4 is 10.6 Å². The van der Waals surface area contributed by atoms with Gasteiger partial charge in [0.05, 0.1) is 23.8 Å². The van der Waals surface area contributed by atoms with E-state index >= 15 is 0 Å². The molecule has 21 heavy (non-hydrogen) atoms. The topological polar surface area (TPSA) is 46.2 Å². The Kier molecular flexibility index (Phi) is 6.24. The monoisotopic (exact) mass is 325 g/mol. The number of morpholine rings is 1. The molecule has 0 amide bonds. The molecule has 120 valence electrons. The molecule has 0 unspecified atom stereocenters. The fraction of sp³-hybridized carbons (Fsp3) is 0.615. The number of hydrogen-bond acceptors (Lipinski definition) is 4. The van der Waals surface area contributed by atoms with E-state index in [1.807, 2.05) is 13.8 Å². The van der Waals surface area contributed by atoms with Crippen LogP contribution in [0.5, 0.6) is 0 Å². The minimum absolute atomic E-state index is 0. The van der Waals surface area contributed by atoms with Gasteiger partial charge in [-0.2, -0.15) is 13.2 Å². The zero-order chi connectivity index (χ0) is 14.8. The molecule has 8 heteroatoms. The van der Waals surface area contributed by atoms with Gasteiger partial charge in [0.15, 0.2) is 0 Å². The van der Waals surface area contributed by atoms with Crippen molar-refractivity contribution in [2.75, 3.05) is 18.4 Å². The van der Waals surface area contributed by atoms with E-state index in [2.05, 4.69) is 15.6 Å². The van der Waals surface area contributed by atoms with Gasteiger partial charge in [-0.15, -0.1) is 12.4 Å². The van der Waals surface area contributed by atoms with Gasteiger partial charge < -0.3 is 15.4 Å². The normalized spacial score (nSPS) is 26.0. The standard InChI is InChI=1S/C13H18F3N3O.ClH/c1-8-5-17-11(9(2)20-8)7-19-12-4-3-10(6-18-12)13(14,15)16;/h3-4,6,8-9,11,17H,5,7H2,1-2H3,(H,18,19);1H/t8-,9-,11+;/m0./s1. The van der Waals surface area contributed by atoms with E-state index in [9.17, 15) is 13.2 Å². The number of alkyl halides is 3. The van der Waals surface area contributed by atoms with Crippen LogP contribution in [-0.4, -0.2) is 36.3 Å². The van der Waals surface area contributed by atoms with E-state index in [1.165, 1.54) is 6.07 Å². The lowest BCUT2D eigenvalue weighted by atomic mass is 10.1. The zero-order valence-electron chi connectivity index (χ0n) is 11.8. The molecule has 0 aliphatic carbocycles. The average molecular weight is 326 g/mol. The van der Waals surface area contributed by atoms with Crippen LogP contribution in [-0.2, 0) is 10.9 Å². The van der Waals surface area contributed by atoms with Gasteiger partial charge in [-0.05, 0) is 26.0 Å². The van der Waals surface area contributed by atoms with Crippen LogP contribution in [0.2, 0.25) is 0 Å². The van der Waals surface area contributed by atoms with E-state index in [4.69, 9.17) is 4.74 Å². The summed E-state index contributed by atoms with van der Waals surface area (Å²) < 4.78 is 42.9. The first kappa shape index (κ1) is 18.0. The second-order valence-corrected chi connectivity index (χ2v) is 4.98. The maximum Gasteiger partial charge on any atom is 0.417 e. The van der Waals surface area contributed by atoms with Crippen molar-refractivity contribution in [1.29, 1.82) is 0 Å². The number of pyridine rings is 1. The summed E-state index contributed by atoms with van der Waals surface area (Å²) in [5.41, 5.74) is -0.746. The van der Waals surface area contributed by atoms with Gasteiger partial charge in [0.2, 0.25) is 0 Å². The fourth-order valence-corrected chi connectivity index (χ4v) is 2.11. The van der Waals surface area contributed by atoms with Gasteiger partial charge in [0, 0.05) is 19.3 Å². The van der Waals surface area contributed by atoms with Crippen molar-refractivity contribution < 1.29 is 17.9 Å². The molecule has 2 rings (SSSR count). The van der Waals surface area contributed by atoms with Crippen molar-refractivity contribution in [3.63, 3.8) is 0 Å². The lowest BCUT2D eigenvalue weighted by molar-refractivity contribution is -0.137. The maximum absolute atomic E-state index is 12.4. The predicted molar refractivity (Wildman–Crippen MR) is 76.8 cm³/mol. The lowest BCUT2D eigenvalue weighted by Crippen LogP contribution is -2.53. The Morgan fingerprint density at radius 2 is 2.10 bits per heavy atom. The molecular formula is C13H19ClF3N3O. The highest BCUT2D eigenvalue weighted by molar-refractivity contribution is 5.85. The predicted octanol–water partition coefficient (Wildman–Crippen LogP) is 2.70. The van der Waals surface area contributed by atoms with Crippen molar-refractivity contribution in [3.05, 3.63) is 23.9 Å². The van der Waals surface area contributed by atoms with E-state index in [-0.39, 0.29) is 30.7 Å². The third-order valence-electron chi connectivity index (χ3n) is 3.27. The molecule has 0 saturated carbocycles. The molecule has 0 aromatic carbocycles. The number of hydrogen-bond donors (Lipinski definition) is 2. The molecule has 0 spiro atoms. The molecule has 1 aliphatic heterocycles. The molecule has 1 saturated heterocycles. The summed E-state index contributed by atoms with van der Waals surface area (Å²) in [6.45, 7) is 5.27. The van der Waals surface area contributed by atoms with Crippen molar-refractivity contribution in [3.8, 4) is 0 Å². The Hall–Kier alpha value is -1.05. The number of nitrogens with one attached hydrogen (secondary N) is 2. The number of nitrogens with zero attached hydrogens (tertiary/aromatic N) is 1. The Morgan fingerprint density at radius 3 is 2.62 bits per heavy atom. The summed E-state index contributed by atoms with van der Waals surface area (Å²) in [5, 5.41) is 6.35. The number of aromatic nitrogens is 1. The van der Waals surface area contributed by atoms with E-state index in [0.717, 1.165) is 18.8 Å². The van der Waals surface area contributed by atoms with E-state index < -0.39 is 11.7 Å². The van der Waals surface area contributed by atoms with Gasteiger partial charge >= 0.3 is 6.18 Å². The molecule has 3 atom stereocenters. The Morgan fingerprint density at radius 1 is 1.38 bits per heavy atom. The van der Waals surface area contributed by atoms with Crippen molar-refractivity contribution in [1.82, 2.24) is 10.3 Å². The number of ether oxygens (including phenoxy) is 1. The van der Waals surface area contributed by atoms with Gasteiger partial charge in [-0.25, -0.2) is 4.98 Å². The molecule has 0 radical (unpaired) electrons. The summed E-state index contributed by atoms with van der Waals surface area (Å²) in [6, 6.07) is 2.46. The van der Waals surface area contributed by atoms with E-state index in [1.54, 1.807) is 0 Å². The van der Waals surface area contributed by atoms with Crippen LogP contribution >= 0.6 is 12.4 Å². The number of anilines is 1. The quantitative estimate of drug-likeness (QED) is 0.897. The Balaban J connectivity index is 0.00000220. The average Bonchev–Trinajstić information content (AvgIpc) is 2.37. The molecule has 2 heterocycles. The Bertz CT molecular complexity index is 441. The summed E-state index contributed by atoms with van der Waals surface area (Å²) in [7, 11) is 0. The van der Waals surface area contributed by atoms with E-state index in [0.29, 0.717) is 12.4 Å². The van der Waals surface area contributed by atoms with Crippen LogP contribution in [0.15, 0.2) is 18.3 Å². The SMILES string of the molecule is C[C@@H]1O[C@@H](C)CN[C@@H]1CNc1ccc(C(F)(F)F)cn1.Cl. The summed E-state index contributed by atoms with van der Waals surface area (Å²) >= 11 is 0. The van der Waals surface area contributed by atoms with Crippen molar-refractivity contribution in [2.24, 2.45) is 0 Å². The third kappa shape index (κ3) is 5.01. The maximum atomic E-state index is 12.4. The summed E-state index contributed by atoms with van der Waals surface area (Å²) in [6.07, 6.45) is -3.31. The number of rotatable bonds is 3. The molecular weight excluding hydrogens is 307 g/mol. The summed E-state index contributed by atoms with van der Waals surface area (Å²) in [5.74, 6) is 0.422. The van der Waals surface area contributed by atoms with Crippen LogP contribution in [0.3, 0.4) is 0 Å². The highest BCUT2D eigenvalue weighted by Gasteiger charge is 2.30. The van der Waals surface area contributed by atoms with Gasteiger partial charge in [0.25, 0.3) is 0 Å². The molecule has 1 fully saturated rings. The Labute approximate surface area is 127 Å². The van der Waals surface area contributed by atoms with Crippen LogP contribution in [0.1, 0.15) is 19.4 Å². The minimum Gasteiger partial charge on any atom is -0.373 e. The molecule has 1 aliphatic rings. The fourth-order valence-electron chi connectivity index (χ4n) is 2.11. The first-order chi connectivity index (χ1) is 9.36. The zero-order valence-corrected chi connectivity index (χ0v) is 12.6. The first-order valence-corrected chi connectivity index (χ1v) is 6.52. The largest absolute Gasteiger partial charge is 0.417 e. The van der Waals surface area contributed by atoms with Crippen molar-refractivity contribution >= 4 is 18.2 Å².